The maximum absolute atomic E-state index is 5.59. The molecular weight excluding hydrogens is 264 g/mol. The van der Waals surface area contributed by atoms with Crippen LogP contribution in [0.15, 0.2) is 42.5 Å². The number of hydrogen-bond donors (Lipinski definition) is 1. The zero-order chi connectivity index (χ0) is 14.1. The molecule has 102 valence electrons. The standard InChI is InChI=1S/C17H18N2S/c1-12-6-5-8-15(13(12)2)18-17(20)19-11-10-14-7-3-4-9-16(14)19/h3-9H,10-11H2,1-2H3,(H,18,20). The molecule has 2 aromatic carbocycles. The minimum Gasteiger partial charge on any atom is -0.332 e. The lowest BCUT2D eigenvalue weighted by Gasteiger charge is -2.22. The van der Waals surface area contributed by atoms with Crippen LogP contribution in [0.2, 0.25) is 0 Å². The summed E-state index contributed by atoms with van der Waals surface area (Å²) in [4.78, 5) is 2.19. The summed E-state index contributed by atoms with van der Waals surface area (Å²) in [6.45, 7) is 5.20. The number of benzene rings is 2. The molecule has 2 aromatic rings. The van der Waals surface area contributed by atoms with Gasteiger partial charge < -0.3 is 10.2 Å². The second-order valence-corrected chi connectivity index (χ2v) is 5.59. The molecule has 0 unspecified atom stereocenters. The number of fused-ring (bicyclic) bond motifs is 1. The number of para-hydroxylation sites is 1. The van der Waals surface area contributed by atoms with E-state index in [9.17, 15) is 0 Å². The van der Waals surface area contributed by atoms with Crippen molar-refractivity contribution in [2.45, 2.75) is 20.3 Å². The molecule has 0 spiro atoms. The van der Waals surface area contributed by atoms with E-state index in [1.807, 2.05) is 0 Å². The summed E-state index contributed by atoms with van der Waals surface area (Å²) in [5.74, 6) is 0. The predicted octanol–water partition coefficient (Wildman–Crippen LogP) is 4.06. The average Bonchev–Trinajstić information content (AvgIpc) is 2.88. The molecule has 2 nitrogen and oxygen atoms in total. The van der Waals surface area contributed by atoms with E-state index in [2.05, 4.69) is 66.5 Å². The lowest BCUT2D eigenvalue weighted by molar-refractivity contribution is 1.03. The molecule has 0 atom stereocenters. The zero-order valence-corrected chi connectivity index (χ0v) is 12.6. The third kappa shape index (κ3) is 2.29. The molecule has 0 aliphatic carbocycles. The van der Waals surface area contributed by atoms with Crippen molar-refractivity contribution in [1.82, 2.24) is 0 Å². The van der Waals surface area contributed by atoms with Gasteiger partial charge in [-0.05, 0) is 61.3 Å². The van der Waals surface area contributed by atoms with Crippen molar-refractivity contribution in [3.8, 4) is 0 Å². The Hall–Kier alpha value is -1.87. The SMILES string of the molecule is Cc1cccc(NC(=S)N2CCc3ccccc32)c1C. The molecule has 20 heavy (non-hydrogen) atoms. The third-order valence-corrected chi connectivity index (χ3v) is 4.30. The van der Waals surface area contributed by atoms with Gasteiger partial charge in [0.2, 0.25) is 0 Å². The highest BCUT2D eigenvalue weighted by Crippen LogP contribution is 2.28. The molecule has 1 aliphatic rings. The van der Waals surface area contributed by atoms with E-state index in [4.69, 9.17) is 12.2 Å². The molecule has 0 aromatic heterocycles. The van der Waals surface area contributed by atoms with Crippen LogP contribution in [0.4, 0.5) is 11.4 Å². The van der Waals surface area contributed by atoms with Crippen LogP contribution >= 0.6 is 12.2 Å². The van der Waals surface area contributed by atoms with E-state index in [1.165, 1.54) is 22.4 Å². The molecule has 1 N–H and O–H groups in total. The number of hydrogen-bond acceptors (Lipinski definition) is 1. The summed E-state index contributed by atoms with van der Waals surface area (Å²) in [5.41, 5.74) is 6.23. The Balaban J connectivity index is 1.83. The number of aryl methyl sites for hydroxylation is 1. The summed E-state index contributed by atoms with van der Waals surface area (Å²) >= 11 is 5.59. The van der Waals surface area contributed by atoms with Crippen LogP contribution < -0.4 is 10.2 Å². The first-order valence-electron chi connectivity index (χ1n) is 6.89. The summed E-state index contributed by atoms with van der Waals surface area (Å²) in [6.07, 6.45) is 1.06. The van der Waals surface area contributed by atoms with Crippen molar-refractivity contribution in [2.24, 2.45) is 0 Å². The third-order valence-electron chi connectivity index (χ3n) is 3.98. The Morgan fingerprint density at radius 3 is 2.75 bits per heavy atom. The molecule has 3 rings (SSSR count). The van der Waals surface area contributed by atoms with Crippen molar-refractivity contribution >= 4 is 28.7 Å². The van der Waals surface area contributed by atoms with Crippen molar-refractivity contribution in [3.05, 3.63) is 59.2 Å². The molecule has 1 aliphatic heterocycles. The van der Waals surface area contributed by atoms with Crippen LogP contribution in [0, 0.1) is 13.8 Å². The van der Waals surface area contributed by atoms with Crippen molar-refractivity contribution in [3.63, 3.8) is 0 Å². The highest BCUT2D eigenvalue weighted by atomic mass is 32.1. The minimum atomic E-state index is 0.781. The fourth-order valence-corrected chi connectivity index (χ4v) is 2.92. The highest BCUT2D eigenvalue weighted by Gasteiger charge is 2.21. The van der Waals surface area contributed by atoms with Gasteiger partial charge in [0.25, 0.3) is 0 Å². The molecule has 1 heterocycles. The fraction of sp³-hybridized carbons (Fsp3) is 0.235. The number of nitrogens with one attached hydrogen (secondary N) is 1. The van der Waals surface area contributed by atoms with Gasteiger partial charge in [0, 0.05) is 17.9 Å². The lowest BCUT2D eigenvalue weighted by Crippen LogP contribution is -2.33. The number of thiocarbonyl (C=S) groups is 1. The molecule has 0 saturated carbocycles. The highest BCUT2D eigenvalue weighted by molar-refractivity contribution is 7.80. The Bertz CT molecular complexity index is 664. The van der Waals surface area contributed by atoms with Crippen LogP contribution in [0.3, 0.4) is 0 Å². The summed E-state index contributed by atoms with van der Waals surface area (Å²) < 4.78 is 0. The van der Waals surface area contributed by atoms with Gasteiger partial charge in [-0.25, -0.2) is 0 Å². The van der Waals surface area contributed by atoms with Gasteiger partial charge in [-0.2, -0.15) is 0 Å². The van der Waals surface area contributed by atoms with Gasteiger partial charge in [-0.1, -0.05) is 30.3 Å². The van der Waals surface area contributed by atoms with Gasteiger partial charge in [-0.3, -0.25) is 0 Å². The Morgan fingerprint density at radius 1 is 1.10 bits per heavy atom. The largest absolute Gasteiger partial charge is 0.332 e. The van der Waals surface area contributed by atoms with E-state index in [-0.39, 0.29) is 0 Å². The average molecular weight is 282 g/mol. The van der Waals surface area contributed by atoms with E-state index in [0.717, 1.165) is 23.8 Å². The maximum atomic E-state index is 5.59. The van der Waals surface area contributed by atoms with Crippen molar-refractivity contribution in [2.75, 3.05) is 16.8 Å². The normalized spacial score (nSPS) is 13.2. The second kappa shape index (κ2) is 5.25. The van der Waals surface area contributed by atoms with E-state index < -0.39 is 0 Å². The van der Waals surface area contributed by atoms with Crippen LogP contribution in [0.1, 0.15) is 16.7 Å². The van der Waals surface area contributed by atoms with Gasteiger partial charge in [0.15, 0.2) is 5.11 Å². The van der Waals surface area contributed by atoms with Crippen molar-refractivity contribution in [1.29, 1.82) is 0 Å². The molecule has 0 saturated heterocycles. The lowest BCUT2D eigenvalue weighted by atomic mass is 10.1. The summed E-state index contributed by atoms with van der Waals surface area (Å²) in [6, 6.07) is 14.7. The van der Waals surface area contributed by atoms with Crippen molar-refractivity contribution < 1.29 is 0 Å². The molecule has 0 amide bonds. The Morgan fingerprint density at radius 2 is 1.90 bits per heavy atom. The first-order chi connectivity index (χ1) is 9.66. The van der Waals surface area contributed by atoms with Crippen LogP contribution in [-0.4, -0.2) is 11.7 Å². The number of nitrogens with zero attached hydrogens (tertiary/aromatic N) is 1. The first kappa shape index (κ1) is 13.1. The minimum absolute atomic E-state index is 0.781. The Kier molecular flexibility index (Phi) is 3.45. The zero-order valence-electron chi connectivity index (χ0n) is 11.8. The Labute approximate surface area is 125 Å². The molecule has 0 radical (unpaired) electrons. The molecule has 0 fully saturated rings. The molecular formula is C17H18N2S. The fourth-order valence-electron chi connectivity index (χ4n) is 2.62. The summed E-state index contributed by atoms with van der Waals surface area (Å²) in [5, 5.41) is 4.17. The molecule has 3 heteroatoms. The summed E-state index contributed by atoms with van der Waals surface area (Å²) in [7, 11) is 0. The van der Waals surface area contributed by atoms with E-state index in [1.54, 1.807) is 0 Å². The second-order valence-electron chi connectivity index (χ2n) is 5.21. The quantitative estimate of drug-likeness (QED) is 0.794. The number of rotatable bonds is 1. The van der Waals surface area contributed by atoms with Gasteiger partial charge >= 0.3 is 0 Å². The van der Waals surface area contributed by atoms with Crippen LogP contribution in [0.5, 0.6) is 0 Å². The predicted molar refractivity (Wildman–Crippen MR) is 89.6 cm³/mol. The maximum Gasteiger partial charge on any atom is 0.177 e. The first-order valence-corrected chi connectivity index (χ1v) is 7.30. The van der Waals surface area contributed by atoms with E-state index >= 15 is 0 Å². The smallest absolute Gasteiger partial charge is 0.177 e. The van der Waals surface area contributed by atoms with Gasteiger partial charge in [0.05, 0.1) is 0 Å². The van der Waals surface area contributed by atoms with Gasteiger partial charge in [-0.15, -0.1) is 0 Å². The van der Waals surface area contributed by atoms with Gasteiger partial charge in [0.1, 0.15) is 0 Å². The molecule has 0 bridgehead atoms. The van der Waals surface area contributed by atoms with Crippen LogP contribution in [-0.2, 0) is 6.42 Å². The van der Waals surface area contributed by atoms with E-state index in [0.29, 0.717) is 0 Å². The van der Waals surface area contributed by atoms with Crippen LogP contribution in [0.25, 0.3) is 0 Å². The number of anilines is 2. The topological polar surface area (TPSA) is 15.3 Å². The monoisotopic (exact) mass is 282 g/mol.